The molecule has 0 bridgehead atoms. The molecule has 2 rings (SSSR count). The van der Waals surface area contributed by atoms with Crippen molar-refractivity contribution >= 4 is 17.4 Å². The number of halogens is 3. The van der Waals surface area contributed by atoms with Crippen LogP contribution in [0.4, 0.5) is 8.78 Å². The number of hydrogen-bond donors (Lipinski definition) is 0. The molecule has 0 saturated heterocycles. The number of imidazole rings is 1. The van der Waals surface area contributed by atoms with Gasteiger partial charge in [-0.2, -0.15) is 8.78 Å². The monoisotopic (exact) mass is 236 g/mol. The number of ether oxygens (including phenoxy) is 1. The molecule has 0 aliphatic carbocycles. The van der Waals surface area contributed by atoms with E-state index < -0.39 is 11.2 Å². The highest BCUT2D eigenvalue weighted by atomic mass is 35.5. The Balaban J connectivity index is 2.37. The Labute approximate surface area is 88.8 Å². The Hall–Kier alpha value is -1.01. The lowest BCUT2D eigenvalue weighted by Crippen LogP contribution is -2.27. The maximum atomic E-state index is 12.6. The van der Waals surface area contributed by atoms with Crippen LogP contribution >= 0.6 is 11.6 Å². The first-order valence-electron chi connectivity index (χ1n) is 4.24. The summed E-state index contributed by atoms with van der Waals surface area (Å²) in [5.74, 6) is -0.963. The zero-order valence-corrected chi connectivity index (χ0v) is 8.30. The SMILES string of the molecule is O=C(c1cnc2n1CCOC2)C(F)(F)Cl. The van der Waals surface area contributed by atoms with Crippen LogP contribution in [0.3, 0.4) is 0 Å². The predicted octanol–water partition coefficient (Wildman–Crippen LogP) is 1.43. The van der Waals surface area contributed by atoms with Gasteiger partial charge in [-0.3, -0.25) is 4.79 Å². The second-order valence-electron chi connectivity index (χ2n) is 3.09. The van der Waals surface area contributed by atoms with Gasteiger partial charge < -0.3 is 9.30 Å². The van der Waals surface area contributed by atoms with Gasteiger partial charge in [0.1, 0.15) is 18.1 Å². The molecule has 7 heteroatoms. The van der Waals surface area contributed by atoms with Gasteiger partial charge in [0.2, 0.25) is 0 Å². The molecule has 15 heavy (non-hydrogen) atoms. The number of carbonyl (C=O) groups is 1. The zero-order valence-electron chi connectivity index (χ0n) is 7.54. The molecule has 2 heterocycles. The molecule has 0 atom stereocenters. The van der Waals surface area contributed by atoms with Crippen LogP contribution in [0.15, 0.2) is 6.20 Å². The molecule has 1 aliphatic rings. The van der Waals surface area contributed by atoms with E-state index in [1.54, 1.807) is 0 Å². The second kappa shape index (κ2) is 3.53. The fourth-order valence-electron chi connectivity index (χ4n) is 1.42. The first kappa shape index (κ1) is 10.5. The van der Waals surface area contributed by atoms with Crippen molar-refractivity contribution in [2.45, 2.75) is 18.5 Å². The van der Waals surface area contributed by atoms with Gasteiger partial charge in [-0.05, 0) is 11.6 Å². The smallest absolute Gasteiger partial charge is 0.372 e. The number of rotatable bonds is 2. The van der Waals surface area contributed by atoms with Crippen LogP contribution in [-0.2, 0) is 17.9 Å². The molecule has 0 spiro atoms. The van der Waals surface area contributed by atoms with Gasteiger partial charge in [-0.15, -0.1) is 0 Å². The minimum atomic E-state index is -3.88. The molecule has 4 nitrogen and oxygen atoms in total. The number of ketones is 1. The number of hydrogen-bond acceptors (Lipinski definition) is 3. The van der Waals surface area contributed by atoms with Crippen LogP contribution in [0, 0.1) is 0 Å². The van der Waals surface area contributed by atoms with Gasteiger partial charge in [-0.25, -0.2) is 4.98 Å². The van der Waals surface area contributed by atoms with Gasteiger partial charge >= 0.3 is 5.38 Å². The van der Waals surface area contributed by atoms with Gasteiger partial charge in [0, 0.05) is 6.54 Å². The molecular weight excluding hydrogens is 230 g/mol. The summed E-state index contributed by atoms with van der Waals surface area (Å²) in [5, 5.41) is -3.88. The summed E-state index contributed by atoms with van der Waals surface area (Å²) in [7, 11) is 0. The van der Waals surface area contributed by atoms with E-state index in [0.29, 0.717) is 19.0 Å². The first-order valence-corrected chi connectivity index (χ1v) is 4.61. The maximum Gasteiger partial charge on any atom is 0.386 e. The average Bonchev–Trinajstić information content (AvgIpc) is 2.58. The summed E-state index contributed by atoms with van der Waals surface area (Å²) in [5.41, 5.74) is -0.173. The van der Waals surface area contributed by atoms with E-state index in [-0.39, 0.29) is 12.3 Å². The van der Waals surface area contributed by atoms with Crippen LogP contribution in [0.2, 0.25) is 0 Å². The van der Waals surface area contributed by atoms with E-state index >= 15 is 0 Å². The van der Waals surface area contributed by atoms with Crippen LogP contribution in [0.5, 0.6) is 0 Å². The molecule has 1 aromatic heterocycles. The first-order chi connectivity index (χ1) is 7.00. The lowest BCUT2D eigenvalue weighted by molar-refractivity contribution is 0.0504. The van der Waals surface area contributed by atoms with Crippen molar-refractivity contribution in [3.8, 4) is 0 Å². The van der Waals surface area contributed by atoms with Crippen molar-refractivity contribution in [1.29, 1.82) is 0 Å². The van der Waals surface area contributed by atoms with Crippen molar-refractivity contribution in [3.05, 3.63) is 17.7 Å². The van der Waals surface area contributed by atoms with Gasteiger partial charge in [0.05, 0.1) is 12.8 Å². The quantitative estimate of drug-likeness (QED) is 0.576. The van der Waals surface area contributed by atoms with Gasteiger partial charge in [0.25, 0.3) is 5.78 Å². The van der Waals surface area contributed by atoms with E-state index in [0.717, 1.165) is 6.20 Å². The Bertz CT molecular complexity index is 400. The summed E-state index contributed by atoms with van der Waals surface area (Å²) >= 11 is 4.66. The largest absolute Gasteiger partial charge is 0.386 e. The molecule has 0 N–H and O–H groups in total. The van der Waals surface area contributed by atoms with E-state index in [9.17, 15) is 13.6 Å². The third kappa shape index (κ3) is 1.87. The fraction of sp³-hybridized carbons (Fsp3) is 0.500. The standard InChI is InChI=1S/C8H7ClF2N2O2/c9-8(10,11)7(14)5-3-12-6-4-15-2-1-13(5)6/h3H,1-2,4H2. The highest BCUT2D eigenvalue weighted by molar-refractivity contribution is 6.35. The van der Waals surface area contributed by atoms with E-state index in [1.165, 1.54) is 4.57 Å². The molecule has 1 aromatic rings. The van der Waals surface area contributed by atoms with Crippen LogP contribution < -0.4 is 0 Å². The second-order valence-corrected chi connectivity index (χ2v) is 3.57. The lowest BCUT2D eigenvalue weighted by Gasteiger charge is -2.17. The molecule has 1 aliphatic heterocycles. The highest BCUT2D eigenvalue weighted by Crippen LogP contribution is 2.25. The van der Waals surface area contributed by atoms with Crippen LogP contribution in [-0.4, -0.2) is 27.3 Å². The van der Waals surface area contributed by atoms with Gasteiger partial charge in [-0.1, -0.05) is 0 Å². The number of nitrogens with zero attached hydrogens (tertiary/aromatic N) is 2. The molecule has 82 valence electrons. The molecular formula is C8H7ClF2N2O2. The summed E-state index contributed by atoms with van der Waals surface area (Å²) in [6.45, 7) is 0.933. The number of fused-ring (bicyclic) bond motifs is 1. The summed E-state index contributed by atoms with van der Waals surface area (Å²) in [6.07, 6.45) is 1.10. The Morgan fingerprint density at radius 3 is 3.07 bits per heavy atom. The predicted molar refractivity (Wildman–Crippen MR) is 47.0 cm³/mol. The summed E-state index contributed by atoms with van der Waals surface area (Å²) in [6, 6.07) is 0. The molecule has 0 radical (unpaired) electrons. The van der Waals surface area contributed by atoms with Gasteiger partial charge in [0.15, 0.2) is 0 Å². The molecule has 0 saturated carbocycles. The third-order valence-corrected chi connectivity index (χ3v) is 2.29. The summed E-state index contributed by atoms with van der Waals surface area (Å²) < 4.78 is 31.6. The number of alkyl halides is 3. The third-order valence-electron chi connectivity index (χ3n) is 2.12. The van der Waals surface area contributed by atoms with E-state index in [2.05, 4.69) is 16.6 Å². The van der Waals surface area contributed by atoms with Crippen LogP contribution in [0.1, 0.15) is 16.3 Å². The number of aromatic nitrogens is 2. The van der Waals surface area contributed by atoms with Crippen LogP contribution in [0.25, 0.3) is 0 Å². The molecule has 0 aromatic carbocycles. The highest BCUT2D eigenvalue weighted by Gasteiger charge is 2.39. The van der Waals surface area contributed by atoms with Crippen molar-refractivity contribution in [3.63, 3.8) is 0 Å². The Morgan fingerprint density at radius 2 is 2.40 bits per heavy atom. The molecule has 0 fully saturated rings. The topological polar surface area (TPSA) is 44.1 Å². The average molecular weight is 237 g/mol. The van der Waals surface area contributed by atoms with Crippen molar-refractivity contribution in [2.75, 3.05) is 6.61 Å². The van der Waals surface area contributed by atoms with E-state index in [4.69, 9.17) is 4.74 Å². The lowest BCUT2D eigenvalue weighted by atomic mass is 10.3. The molecule has 0 amide bonds. The minimum Gasteiger partial charge on any atom is -0.372 e. The zero-order chi connectivity index (χ0) is 11.1. The Kier molecular flexibility index (Phi) is 2.47. The van der Waals surface area contributed by atoms with Crippen molar-refractivity contribution in [2.24, 2.45) is 0 Å². The number of carbonyl (C=O) groups excluding carboxylic acids is 1. The normalized spacial score (nSPS) is 16.2. The van der Waals surface area contributed by atoms with Crippen molar-refractivity contribution in [1.82, 2.24) is 9.55 Å². The fourth-order valence-corrected chi connectivity index (χ4v) is 1.52. The summed E-state index contributed by atoms with van der Waals surface area (Å²) in [4.78, 5) is 15.0. The minimum absolute atomic E-state index is 0.173. The number of Topliss-reactive ketones (excluding diaryl/α,β-unsaturated/α-hetero) is 1. The van der Waals surface area contributed by atoms with Crippen molar-refractivity contribution < 1.29 is 18.3 Å². The Morgan fingerprint density at radius 1 is 1.67 bits per heavy atom. The molecule has 0 unspecified atom stereocenters. The van der Waals surface area contributed by atoms with E-state index in [1.807, 2.05) is 0 Å². The maximum absolute atomic E-state index is 12.6.